The molecule has 2 N–H and O–H groups in total. The lowest BCUT2D eigenvalue weighted by Gasteiger charge is -2.07. The summed E-state index contributed by atoms with van der Waals surface area (Å²) in [5.74, 6) is -0.289. The number of halogens is 2. The molecule has 2 rings (SSSR count). The average molecular weight is 240 g/mol. The zero-order valence-electron chi connectivity index (χ0n) is 8.53. The van der Waals surface area contributed by atoms with E-state index in [0.29, 0.717) is 23.7 Å². The molecule has 16 heavy (non-hydrogen) atoms. The van der Waals surface area contributed by atoms with E-state index >= 15 is 0 Å². The lowest BCUT2D eigenvalue weighted by molar-refractivity contribution is 0.575. The summed E-state index contributed by atoms with van der Waals surface area (Å²) in [5.41, 5.74) is 6.90. The van der Waals surface area contributed by atoms with Crippen molar-refractivity contribution in [2.45, 2.75) is 13.1 Å². The minimum atomic E-state index is -0.289. The molecule has 0 amide bonds. The zero-order chi connectivity index (χ0) is 11.5. The first-order valence-electron chi connectivity index (χ1n) is 4.85. The van der Waals surface area contributed by atoms with Crippen molar-refractivity contribution < 1.29 is 4.39 Å². The van der Waals surface area contributed by atoms with Gasteiger partial charge >= 0.3 is 0 Å². The maximum absolute atomic E-state index is 13.5. The standard InChI is InChI=1S/C11H11ClFN3/c12-9-1-2-11(13)8(5-9)7-16-10(6-14)3-4-15-16/h1-5H,6-7,14H2. The molecule has 0 radical (unpaired) electrons. The number of nitrogens with two attached hydrogens (primary N) is 1. The van der Waals surface area contributed by atoms with Gasteiger partial charge in [0, 0.05) is 23.3 Å². The van der Waals surface area contributed by atoms with Crippen LogP contribution in [0, 0.1) is 5.82 Å². The van der Waals surface area contributed by atoms with Gasteiger partial charge in [-0.3, -0.25) is 4.68 Å². The predicted octanol–water partition coefficient (Wildman–Crippen LogP) is 2.18. The quantitative estimate of drug-likeness (QED) is 0.892. The summed E-state index contributed by atoms with van der Waals surface area (Å²) in [4.78, 5) is 0. The van der Waals surface area contributed by atoms with E-state index in [1.165, 1.54) is 12.1 Å². The van der Waals surface area contributed by atoms with Crippen molar-refractivity contribution in [1.82, 2.24) is 9.78 Å². The Morgan fingerprint density at radius 1 is 1.38 bits per heavy atom. The van der Waals surface area contributed by atoms with Gasteiger partial charge in [0.2, 0.25) is 0 Å². The van der Waals surface area contributed by atoms with Gasteiger partial charge in [-0.1, -0.05) is 11.6 Å². The molecular weight excluding hydrogens is 229 g/mol. The molecule has 0 unspecified atom stereocenters. The van der Waals surface area contributed by atoms with Crippen molar-refractivity contribution in [1.29, 1.82) is 0 Å². The summed E-state index contributed by atoms with van der Waals surface area (Å²) in [5, 5.41) is 4.59. The molecule has 0 saturated carbocycles. The molecule has 5 heteroatoms. The molecule has 1 aromatic carbocycles. The molecule has 2 aromatic rings. The van der Waals surface area contributed by atoms with Gasteiger partial charge in [-0.05, 0) is 24.3 Å². The van der Waals surface area contributed by atoms with Crippen LogP contribution in [0.5, 0.6) is 0 Å². The number of hydrogen-bond donors (Lipinski definition) is 1. The van der Waals surface area contributed by atoms with Crippen LogP contribution < -0.4 is 5.73 Å². The van der Waals surface area contributed by atoms with E-state index in [-0.39, 0.29) is 5.82 Å². The normalized spacial score (nSPS) is 10.7. The summed E-state index contributed by atoms with van der Waals surface area (Å²) in [6.07, 6.45) is 1.64. The average Bonchev–Trinajstić information content (AvgIpc) is 2.71. The van der Waals surface area contributed by atoms with Crippen molar-refractivity contribution in [3.63, 3.8) is 0 Å². The van der Waals surface area contributed by atoms with Gasteiger partial charge in [-0.15, -0.1) is 0 Å². The fraction of sp³-hybridized carbons (Fsp3) is 0.182. The molecule has 84 valence electrons. The van der Waals surface area contributed by atoms with Gasteiger partial charge in [0.1, 0.15) is 5.82 Å². The number of hydrogen-bond acceptors (Lipinski definition) is 2. The predicted molar refractivity (Wildman–Crippen MR) is 60.6 cm³/mol. The Morgan fingerprint density at radius 2 is 2.19 bits per heavy atom. The van der Waals surface area contributed by atoms with Gasteiger partial charge in [0.05, 0.1) is 12.2 Å². The molecule has 0 aliphatic rings. The summed E-state index contributed by atoms with van der Waals surface area (Å²) in [6, 6.07) is 6.28. The van der Waals surface area contributed by atoms with Crippen molar-refractivity contribution in [2.75, 3.05) is 0 Å². The second-order valence-corrected chi connectivity index (χ2v) is 3.86. The Hall–Kier alpha value is -1.39. The lowest BCUT2D eigenvalue weighted by atomic mass is 10.2. The first-order valence-corrected chi connectivity index (χ1v) is 5.23. The van der Waals surface area contributed by atoms with E-state index in [4.69, 9.17) is 17.3 Å². The molecule has 0 aliphatic carbocycles. The van der Waals surface area contributed by atoms with Crippen LogP contribution in [0.3, 0.4) is 0 Å². The number of rotatable bonds is 3. The second kappa shape index (κ2) is 4.63. The Bertz CT molecular complexity index is 496. The van der Waals surface area contributed by atoms with Crippen LogP contribution in [0.2, 0.25) is 5.02 Å². The maximum atomic E-state index is 13.5. The van der Waals surface area contributed by atoms with Gasteiger partial charge in [-0.25, -0.2) is 4.39 Å². The summed E-state index contributed by atoms with van der Waals surface area (Å²) >= 11 is 5.81. The van der Waals surface area contributed by atoms with E-state index in [1.807, 2.05) is 6.07 Å². The van der Waals surface area contributed by atoms with Crippen molar-refractivity contribution in [2.24, 2.45) is 5.73 Å². The van der Waals surface area contributed by atoms with Crippen LogP contribution in [0.15, 0.2) is 30.5 Å². The fourth-order valence-corrected chi connectivity index (χ4v) is 1.70. The van der Waals surface area contributed by atoms with Gasteiger partial charge in [0.15, 0.2) is 0 Å². The van der Waals surface area contributed by atoms with E-state index < -0.39 is 0 Å². The van der Waals surface area contributed by atoms with Crippen LogP contribution in [-0.2, 0) is 13.1 Å². The Labute approximate surface area is 97.6 Å². The van der Waals surface area contributed by atoms with E-state index in [2.05, 4.69) is 5.10 Å². The zero-order valence-corrected chi connectivity index (χ0v) is 9.28. The van der Waals surface area contributed by atoms with E-state index in [0.717, 1.165) is 5.69 Å². The first-order chi connectivity index (χ1) is 7.70. The third kappa shape index (κ3) is 2.23. The Morgan fingerprint density at radius 3 is 2.94 bits per heavy atom. The Balaban J connectivity index is 2.30. The summed E-state index contributed by atoms with van der Waals surface area (Å²) < 4.78 is 15.1. The lowest BCUT2D eigenvalue weighted by Crippen LogP contribution is -2.10. The molecular formula is C11H11ClFN3. The van der Waals surface area contributed by atoms with E-state index in [9.17, 15) is 4.39 Å². The first kappa shape index (κ1) is 11.1. The van der Waals surface area contributed by atoms with Crippen LogP contribution in [-0.4, -0.2) is 9.78 Å². The second-order valence-electron chi connectivity index (χ2n) is 3.42. The molecule has 0 saturated heterocycles. The SMILES string of the molecule is NCc1ccnn1Cc1cc(Cl)ccc1F. The van der Waals surface area contributed by atoms with Gasteiger partial charge in [0.25, 0.3) is 0 Å². The number of nitrogens with zero attached hydrogens (tertiary/aromatic N) is 2. The Kier molecular flexibility index (Phi) is 3.22. The van der Waals surface area contributed by atoms with Crippen molar-refractivity contribution in [3.05, 3.63) is 52.6 Å². The number of benzene rings is 1. The van der Waals surface area contributed by atoms with Gasteiger partial charge < -0.3 is 5.73 Å². The highest BCUT2D eigenvalue weighted by atomic mass is 35.5. The molecule has 1 aromatic heterocycles. The molecule has 3 nitrogen and oxygen atoms in total. The van der Waals surface area contributed by atoms with Crippen LogP contribution in [0.25, 0.3) is 0 Å². The minimum absolute atomic E-state index is 0.289. The largest absolute Gasteiger partial charge is 0.325 e. The fourth-order valence-electron chi connectivity index (χ4n) is 1.50. The number of aromatic nitrogens is 2. The van der Waals surface area contributed by atoms with Gasteiger partial charge in [-0.2, -0.15) is 5.10 Å². The van der Waals surface area contributed by atoms with Crippen LogP contribution >= 0.6 is 11.6 Å². The van der Waals surface area contributed by atoms with Crippen molar-refractivity contribution in [3.8, 4) is 0 Å². The molecule has 0 bridgehead atoms. The minimum Gasteiger partial charge on any atom is -0.325 e. The van der Waals surface area contributed by atoms with Crippen LogP contribution in [0.4, 0.5) is 4.39 Å². The highest BCUT2D eigenvalue weighted by molar-refractivity contribution is 6.30. The molecule has 0 fully saturated rings. The maximum Gasteiger partial charge on any atom is 0.128 e. The highest BCUT2D eigenvalue weighted by Gasteiger charge is 2.06. The highest BCUT2D eigenvalue weighted by Crippen LogP contribution is 2.16. The summed E-state index contributed by atoms with van der Waals surface area (Å²) in [6.45, 7) is 0.716. The third-order valence-corrected chi connectivity index (χ3v) is 2.58. The van der Waals surface area contributed by atoms with Crippen LogP contribution in [0.1, 0.15) is 11.3 Å². The smallest absolute Gasteiger partial charge is 0.128 e. The molecule has 0 spiro atoms. The van der Waals surface area contributed by atoms with E-state index in [1.54, 1.807) is 16.9 Å². The monoisotopic (exact) mass is 239 g/mol. The molecule has 0 atom stereocenters. The topological polar surface area (TPSA) is 43.8 Å². The van der Waals surface area contributed by atoms with Crippen molar-refractivity contribution >= 4 is 11.6 Å². The summed E-state index contributed by atoms with van der Waals surface area (Å²) in [7, 11) is 0. The molecule has 1 heterocycles. The third-order valence-electron chi connectivity index (χ3n) is 2.34. The molecule has 0 aliphatic heterocycles.